The highest BCUT2D eigenvalue weighted by atomic mass is 32.2. The normalized spacial score (nSPS) is 25.3. The molecule has 0 amide bonds. The third-order valence-electron chi connectivity index (χ3n) is 3.67. The van der Waals surface area contributed by atoms with Crippen LogP contribution in [-0.2, 0) is 10.2 Å². The lowest BCUT2D eigenvalue weighted by atomic mass is 10.1. The second-order valence-electron chi connectivity index (χ2n) is 5.69. The second kappa shape index (κ2) is 7.57. The molecule has 0 aliphatic carbocycles. The third-order valence-corrected chi connectivity index (χ3v) is 5.74. The van der Waals surface area contributed by atoms with Gasteiger partial charge in [0.2, 0.25) is 0 Å². The van der Waals surface area contributed by atoms with Crippen LogP contribution in [0.15, 0.2) is 0 Å². The SMILES string of the molecule is CCCNCCCN(C)S(=O)(=O)N1CC(C)CC1C. The molecule has 1 rings (SSSR count). The van der Waals surface area contributed by atoms with E-state index in [1.165, 1.54) is 4.31 Å². The van der Waals surface area contributed by atoms with Gasteiger partial charge in [-0.15, -0.1) is 0 Å². The van der Waals surface area contributed by atoms with Crippen LogP contribution in [0.2, 0.25) is 0 Å². The lowest BCUT2D eigenvalue weighted by molar-refractivity contribution is 0.350. The van der Waals surface area contributed by atoms with E-state index in [2.05, 4.69) is 19.2 Å². The molecule has 1 N–H and O–H groups in total. The summed E-state index contributed by atoms with van der Waals surface area (Å²) in [6.07, 6.45) is 2.93. The van der Waals surface area contributed by atoms with Crippen molar-refractivity contribution in [3.63, 3.8) is 0 Å². The van der Waals surface area contributed by atoms with Crippen LogP contribution in [0.3, 0.4) is 0 Å². The standard InChI is InChI=1S/C13H29N3O2S/c1-5-7-14-8-6-9-15(4)19(17,18)16-11-12(2)10-13(16)3/h12-14H,5-11H2,1-4H3. The Morgan fingerprint density at radius 2 is 2.00 bits per heavy atom. The van der Waals surface area contributed by atoms with Crippen LogP contribution in [0.4, 0.5) is 0 Å². The van der Waals surface area contributed by atoms with Gasteiger partial charge in [-0.25, -0.2) is 0 Å². The summed E-state index contributed by atoms with van der Waals surface area (Å²) in [6.45, 7) is 9.34. The summed E-state index contributed by atoms with van der Waals surface area (Å²) in [5.74, 6) is 0.462. The van der Waals surface area contributed by atoms with Crippen molar-refractivity contribution >= 4 is 10.2 Å². The molecule has 19 heavy (non-hydrogen) atoms. The van der Waals surface area contributed by atoms with Crippen molar-refractivity contribution in [2.45, 2.75) is 46.1 Å². The molecule has 0 aromatic carbocycles. The van der Waals surface area contributed by atoms with Crippen LogP contribution < -0.4 is 5.32 Å². The number of hydrogen-bond acceptors (Lipinski definition) is 3. The largest absolute Gasteiger partial charge is 0.317 e. The Labute approximate surface area is 118 Å². The zero-order valence-electron chi connectivity index (χ0n) is 12.7. The molecule has 114 valence electrons. The minimum atomic E-state index is -3.27. The number of hydrogen-bond donors (Lipinski definition) is 1. The number of rotatable bonds is 8. The summed E-state index contributed by atoms with van der Waals surface area (Å²) in [5, 5.41) is 3.29. The average molecular weight is 291 g/mol. The quantitative estimate of drug-likeness (QED) is 0.686. The molecule has 0 aromatic rings. The van der Waals surface area contributed by atoms with E-state index in [1.54, 1.807) is 11.4 Å². The van der Waals surface area contributed by atoms with Crippen molar-refractivity contribution < 1.29 is 8.42 Å². The van der Waals surface area contributed by atoms with E-state index >= 15 is 0 Å². The van der Waals surface area contributed by atoms with Gasteiger partial charge in [0.15, 0.2) is 0 Å². The van der Waals surface area contributed by atoms with Gasteiger partial charge in [-0.3, -0.25) is 0 Å². The van der Waals surface area contributed by atoms with E-state index < -0.39 is 10.2 Å². The molecular formula is C13H29N3O2S. The monoisotopic (exact) mass is 291 g/mol. The molecule has 2 unspecified atom stereocenters. The van der Waals surface area contributed by atoms with Gasteiger partial charge in [0, 0.05) is 26.2 Å². The summed E-state index contributed by atoms with van der Waals surface area (Å²) in [4.78, 5) is 0. The Morgan fingerprint density at radius 3 is 2.53 bits per heavy atom. The van der Waals surface area contributed by atoms with E-state index in [0.717, 1.165) is 32.4 Å². The highest BCUT2D eigenvalue weighted by molar-refractivity contribution is 7.86. The van der Waals surface area contributed by atoms with Gasteiger partial charge in [-0.1, -0.05) is 13.8 Å². The maximum Gasteiger partial charge on any atom is 0.281 e. The average Bonchev–Trinajstić information content (AvgIpc) is 2.68. The van der Waals surface area contributed by atoms with Crippen LogP contribution in [0, 0.1) is 5.92 Å². The first-order chi connectivity index (χ1) is 8.89. The molecule has 1 fully saturated rings. The Balaban J connectivity index is 2.43. The van der Waals surface area contributed by atoms with Crippen LogP contribution in [0.25, 0.3) is 0 Å². The summed E-state index contributed by atoms with van der Waals surface area (Å²) in [5.41, 5.74) is 0. The van der Waals surface area contributed by atoms with Crippen LogP contribution in [-0.4, -0.2) is 56.3 Å². The Kier molecular flexibility index (Phi) is 6.73. The maximum absolute atomic E-state index is 12.4. The van der Waals surface area contributed by atoms with Crippen molar-refractivity contribution in [2.24, 2.45) is 5.92 Å². The van der Waals surface area contributed by atoms with Crippen molar-refractivity contribution in [3.8, 4) is 0 Å². The molecule has 2 atom stereocenters. The summed E-state index contributed by atoms with van der Waals surface area (Å²) in [7, 11) is -1.59. The fraction of sp³-hybridized carbons (Fsp3) is 1.00. The van der Waals surface area contributed by atoms with Gasteiger partial charge in [0.1, 0.15) is 0 Å². The van der Waals surface area contributed by atoms with Crippen molar-refractivity contribution in [3.05, 3.63) is 0 Å². The fourth-order valence-corrected chi connectivity index (χ4v) is 4.31. The Hall–Kier alpha value is -0.170. The smallest absolute Gasteiger partial charge is 0.281 e. The van der Waals surface area contributed by atoms with Gasteiger partial charge in [-0.05, 0) is 45.2 Å². The zero-order valence-corrected chi connectivity index (χ0v) is 13.5. The van der Waals surface area contributed by atoms with Crippen molar-refractivity contribution in [2.75, 3.05) is 33.2 Å². The molecule has 6 heteroatoms. The van der Waals surface area contributed by atoms with Crippen LogP contribution in [0.5, 0.6) is 0 Å². The van der Waals surface area contributed by atoms with Gasteiger partial charge in [0.05, 0.1) is 0 Å². The second-order valence-corrected chi connectivity index (χ2v) is 7.68. The van der Waals surface area contributed by atoms with Crippen molar-refractivity contribution in [1.82, 2.24) is 13.9 Å². The zero-order chi connectivity index (χ0) is 14.5. The molecule has 0 spiro atoms. The van der Waals surface area contributed by atoms with Gasteiger partial charge < -0.3 is 5.32 Å². The third kappa shape index (κ3) is 4.70. The minimum absolute atomic E-state index is 0.126. The molecular weight excluding hydrogens is 262 g/mol. The summed E-state index contributed by atoms with van der Waals surface area (Å²) in [6, 6.07) is 0.126. The molecule has 0 bridgehead atoms. The van der Waals surface area contributed by atoms with Crippen LogP contribution >= 0.6 is 0 Å². The first-order valence-corrected chi connectivity index (χ1v) is 8.73. The molecule has 1 aliphatic heterocycles. The first-order valence-electron chi connectivity index (χ1n) is 7.33. The molecule has 0 radical (unpaired) electrons. The lowest BCUT2D eigenvalue weighted by Crippen LogP contribution is -2.44. The lowest BCUT2D eigenvalue weighted by Gasteiger charge is -2.27. The van der Waals surface area contributed by atoms with E-state index in [4.69, 9.17) is 0 Å². The minimum Gasteiger partial charge on any atom is -0.317 e. The van der Waals surface area contributed by atoms with E-state index in [0.29, 0.717) is 19.0 Å². The molecule has 1 saturated heterocycles. The highest BCUT2D eigenvalue weighted by Gasteiger charge is 2.37. The molecule has 1 aliphatic rings. The number of nitrogens with one attached hydrogen (secondary N) is 1. The Morgan fingerprint density at radius 1 is 1.32 bits per heavy atom. The molecule has 1 heterocycles. The van der Waals surface area contributed by atoms with Gasteiger partial charge >= 0.3 is 0 Å². The van der Waals surface area contributed by atoms with Crippen LogP contribution in [0.1, 0.15) is 40.0 Å². The topological polar surface area (TPSA) is 52.7 Å². The summed E-state index contributed by atoms with van der Waals surface area (Å²) >= 11 is 0. The summed E-state index contributed by atoms with van der Waals surface area (Å²) < 4.78 is 28.0. The fourth-order valence-electron chi connectivity index (χ4n) is 2.61. The maximum atomic E-state index is 12.4. The Bertz CT molecular complexity index is 359. The number of nitrogens with zero attached hydrogens (tertiary/aromatic N) is 2. The van der Waals surface area contributed by atoms with Crippen molar-refractivity contribution in [1.29, 1.82) is 0 Å². The van der Waals surface area contributed by atoms with E-state index in [9.17, 15) is 8.42 Å². The molecule has 0 aromatic heterocycles. The van der Waals surface area contributed by atoms with Gasteiger partial charge in [0.25, 0.3) is 10.2 Å². The first kappa shape index (κ1) is 16.9. The van der Waals surface area contributed by atoms with E-state index in [-0.39, 0.29) is 6.04 Å². The predicted octanol–water partition coefficient (Wildman–Crippen LogP) is 1.28. The van der Waals surface area contributed by atoms with E-state index in [1.807, 2.05) is 6.92 Å². The van der Waals surface area contributed by atoms with Gasteiger partial charge in [-0.2, -0.15) is 17.0 Å². The highest BCUT2D eigenvalue weighted by Crippen LogP contribution is 2.26. The predicted molar refractivity (Wildman–Crippen MR) is 79.3 cm³/mol. The molecule has 5 nitrogen and oxygen atoms in total. The molecule has 0 saturated carbocycles.